The van der Waals surface area contributed by atoms with Crippen LogP contribution in [0.3, 0.4) is 0 Å². The van der Waals surface area contributed by atoms with Crippen LogP contribution in [0.25, 0.3) is 0 Å². The van der Waals surface area contributed by atoms with Crippen LogP contribution in [-0.2, 0) is 6.54 Å². The van der Waals surface area contributed by atoms with Gasteiger partial charge in [-0.05, 0) is 56.9 Å². The minimum Gasteiger partial charge on any atom is -0.443 e. The molecule has 2 aromatic rings. The van der Waals surface area contributed by atoms with Crippen LogP contribution < -0.4 is 0 Å². The molecule has 27 heavy (non-hydrogen) atoms. The molecule has 0 saturated heterocycles. The largest absolute Gasteiger partial charge is 0.443 e. The molecule has 0 spiro atoms. The maximum atomic E-state index is 13.2. The zero-order valence-corrected chi connectivity index (χ0v) is 15.9. The molecule has 1 amide bonds. The van der Waals surface area contributed by atoms with Gasteiger partial charge < -0.3 is 14.4 Å². The number of carbonyl (C=O) groups excluding carboxylic acids is 1. The Kier molecular flexibility index (Phi) is 5.98. The number of hydrogen-bond donors (Lipinski definition) is 1. The highest BCUT2D eigenvalue weighted by molar-refractivity contribution is 5.91. The maximum Gasteiger partial charge on any atom is 0.290 e. The molecule has 0 atom stereocenters. The van der Waals surface area contributed by atoms with Gasteiger partial charge >= 0.3 is 0 Å². The third kappa shape index (κ3) is 5.45. The van der Waals surface area contributed by atoms with Crippen LogP contribution in [-0.4, -0.2) is 32.5 Å². The molecule has 1 saturated carbocycles. The van der Waals surface area contributed by atoms with E-state index in [-0.39, 0.29) is 17.7 Å². The number of carbonyl (C=O) groups is 1. The minimum atomic E-state index is -1.11. The molecule has 1 aliphatic carbocycles. The predicted octanol–water partition coefficient (Wildman–Crippen LogP) is 3.77. The molecule has 0 radical (unpaired) electrons. The Labute approximate surface area is 160 Å². The lowest BCUT2D eigenvalue weighted by atomic mass is 9.94. The van der Waals surface area contributed by atoms with Gasteiger partial charge in [0.05, 0.1) is 12.2 Å². The maximum absolute atomic E-state index is 13.2. The van der Waals surface area contributed by atoms with Crippen LogP contribution in [0, 0.1) is 11.8 Å². The smallest absolute Gasteiger partial charge is 0.290 e. The molecule has 2 aromatic heterocycles. The van der Waals surface area contributed by atoms with Gasteiger partial charge in [-0.15, -0.1) is 0 Å². The molecule has 5 nitrogen and oxygen atoms in total. The number of aromatic nitrogens is 1. The SMILES string of the molecule is CC(C)(O)C#Cc1ccc(C(=O)N(Cc2ccccn2)C2CCCCC2)o1. The van der Waals surface area contributed by atoms with Gasteiger partial charge in [0, 0.05) is 12.2 Å². The highest BCUT2D eigenvalue weighted by Crippen LogP contribution is 2.26. The minimum absolute atomic E-state index is 0.135. The van der Waals surface area contributed by atoms with Crippen molar-refractivity contribution in [3.05, 3.63) is 53.7 Å². The Morgan fingerprint density at radius 3 is 2.70 bits per heavy atom. The number of amides is 1. The highest BCUT2D eigenvalue weighted by atomic mass is 16.4. The van der Waals surface area contributed by atoms with E-state index in [1.54, 1.807) is 32.2 Å². The first-order chi connectivity index (χ1) is 12.9. The molecule has 2 heterocycles. The standard InChI is InChI=1S/C22H26N2O3/c1-22(2,26)14-13-19-11-12-20(27-19)21(25)24(18-9-4-3-5-10-18)16-17-8-6-7-15-23-17/h6-8,11-12,15,18,26H,3-5,9-10,16H2,1-2H3. The molecule has 0 aromatic carbocycles. The number of rotatable bonds is 4. The lowest BCUT2D eigenvalue weighted by molar-refractivity contribution is 0.0578. The summed E-state index contributed by atoms with van der Waals surface area (Å²) in [5.74, 6) is 5.99. The zero-order valence-electron chi connectivity index (χ0n) is 15.9. The highest BCUT2D eigenvalue weighted by Gasteiger charge is 2.28. The normalized spacial score (nSPS) is 15.1. The molecule has 142 valence electrons. The second kappa shape index (κ2) is 8.41. The van der Waals surface area contributed by atoms with Gasteiger partial charge in [0.2, 0.25) is 0 Å². The van der Waals surface area contributed by atoms with E-state index in [9.17, 15) is 9.90 Å². The summed E-state index contributed by atoms with van der Waals surface area (Å²) in [6, 6.07) is 9.27. The molecule has 5 heteroatoms. The zero-order chi connectivity index (χ0) is 19.3. The Morgan fingerprint density at radius 2 is 2.04 bits per heavy atom. The summed E-state index contributed by atoms with van der Waals surface area (Å²) in [5, 5.41) is 9.72. The van der Waals surface area contributed by atoms with Crippen LogP contribution >= 0.6 is 0 Å². The van der Waals surface area contributed by atoms with Gasteiger partial charge in [0.1, 0.15) is 5.60 Å². The summed E-state index contributed by atoms with van der Waals surface area (Å²) in [4.78, 5) is 19.4. The number of furan rings is 1. The molecular formula is C22H26N2O3. The lowest BCUT2D eigenvalue weighted by Gasteiger charge is -2.33. The molecule has 0 unspecified atom stereocenters. The van der Waals surface area contributed by atoms with Gasteiger partial charge in [-0.2, -0.15) is 0 Å². The van der Waals surface area contributed by atoms with Crippen molar-refractivity contribution in [2.75, 3.05) is 0 Å². The summed E-state index contributed by atoms with van der Waals surface area (Å²) in [6.45, 7) is 3.68. The topological polar surface area (TPSA) is 66.6 Å². The van der Waals surface area contributed by atoms with Gasteiger partial charge in [-0.25, -0.2) is 0 Å². The van der Waals surface area contributed by atoms with E-state index in [2.05, 4.69) is 16.8 Å². The third-order valence-electron chi connectivity index (χ3n) is 4.64. The van der Waals surface area contributed by atoms with Gasteiger partial charge in [0.25, 0.3) is 5.91 Å². The van der Waals surface area contributed by atoms with Crippen molar-refractivity contribution in [3.63, 3.8) is 0 Å². The predicted molar refractivity (Wildman–Crippen MR) is 103 cm³/mol. The van der Waals surface area contributed by atoms with Gasteiger partial charge in [-0.1, -0.05) is 31.2 Å². The summed E-state index contributed by atoms with van der Waals surface area (Å²) >= 11 is 0. The molecular weight excluding hydrogens is 340 g/mol. The number of aliphatic hydroxyl groups is 1. The van der Waals surface area contributed by atoms with E-state index in [0.717, 1.165) is 31.4 Å². The number of pyridine rings is 1. The quantitative estimate of drug-likeness (QED) is 0.837. The van der Waals surface area contributed by atoms with E-state index in [4.69, 9.17) is 4.42 Å². The van der Waals surface area contributed by atoms with Crippen molar-refractivity contribution in [1.29, 1.82) is 0 Å². The van der Waals surface area contributed by atoms with E-state index in [1.807, 2.05) is 23.1 Å². The molecule has 1 fully saturated rings. The van der Waals surface area contributed by atoms with Crippen LogP contribution in [0.2, 0.25) is 0 Å². The second-order valence-corrected chi connectivity index (χ2v) is 7.52. The Hall–Kier alpha value is -2.58. The monoisotopic (exact) mass is 366 g/mol. The Balaban J connectivity index is 1.81. The fraction of sp³-hybridized carbons (Fsp3) is 0.455. The van der Waals surface area contributed by atoms with Crippen LogP contribution in [0.4, 0.5) is 0 Å². The second-order valence-electron chi connectivity index (χ2n) is 7.52. The van der Waals surface area contributed by atoms with E-state index in [0.29, 0.717) is 12.3 Å². The molecule has 0 bridgehead atoms. The van der Waals surface area contributed by atoms with Crippen molar-refractivity contribution in [3.8, 4) is 11.8 Å². The summed E-state index contributed by atoms with van der Waals surface area (Å²) in [6.07, 6.45) is 7.25. The van der Waals surface area contributed by atoms with Gasteiger partial charge in [-0.3, -0.25) is 9.78 Å². The first-order valence-electron chi connectivity index (χ1n) is 9.49. The first kappa shape index (κ1) is 19.2. The summed E-state index contributed by atoms with van der Waals surface area (Å²) < 4.78 is 5.65. The fourth-order valence-corrected chi connectivity index (χ4v) is 3.30. The van der Waals surface area contributed by atoms with Crippen LogP contribution in [0.15, 0.2) is 40.9 Å². The van der Waals surface area contributed by atoms with Crippen LogP contribution in [0.1, 0.15) is 68.0 Å². The van der Waals surface area contributed by atoms with Crippen molar-refractivity contribution < 1.29 is 14.3 Å². The first-order valence-corrected chi connectivity index (χ1v) is 9.49. The molecule has 0 aliphatic heterocycles. The van der Waals surface area contributed by atoms with E-state index < -0.39 is 5.60 Å². The number of nitrogens with zero attached hydrogens (tertiary/aromatic N) is 2. The summed E-state index contributed by atoms with van der Waals surface area (Å²) in [5.41, 5.74) is -0.241. The Morgan fingerprint density at radius 1 is 1.26 bits per heavy atom. The van der Waals surface area contributed by atoms with E-state index >= 15 is 0 Å². The van der Waals surface area contributed by atoms with E-state index in [1.165, 1.54) is 6.42 Å². The average Bonchev–Trinajstić information content (AvgIpc) is 3.14. The molecule has 3 rings (SSSR count). The van der Waals surface area contributed by atoms with Crippen molar-refractivity contribution in [1.82, 2.24) is 9.88 Å². The van der Waals surface area contributed by atoms with Gasteiger partial charge in [0.15, 0.2) is 11.5 Å². The van der Waals surface area contributed by atoms with Crippen molar-refractivity contribution in [2.45, 2.75) is 64.1 Å². The summed E-state index contributed by atoms with van der Waals surface area (Å²) in [7, 11) is 0. The van der Waals surface area contributed by atoms with Crippen LogP contribution in [0.5, 0.6) is 0 Å². The lowest BCUT2D eigenvalue weighted by Crippen LogP contribution is -2.41. The molecule has 1 N–H and O–H groups in total. The third-order valence-corrected chi connectivity index (χ3v) is 4.64. The van der Waals surface area contributed by atoms with Crippen molar-refractivity contribution in [2.24, 2.45) is 0 Å². The Bertz CT molecular complexity index is 818. The average molecular weight is 366 g/mol. The fourth-order valence-electron chi connectivity index (χ4n) is 3.30. The van der Waals surface area contributed by atoms with Crippen molar-refractivity contribution >= 4 is 5.91 Å². The number of hydrogen-bond acceptors (Lipinski definition) is 4. The molecule has 1 aliphatic rings.